The molecule has 2 aromatic carbocycles. The number of carbonyl (C=O) groups is 2. The standard InChI is InChI=1S/C28H34N4O5/c1-3-26(28(35)31-13-12-30-17-22(33)18-36-23-9-5-4-6-10-23)37-24-11-7-8-20(14-24)25-15-21(16-29)27(34)32-19(25)2/h4-11,14,21-22,26,30,33H,3,12-13,15,17-18H2,1-2H3,(H,31,35)(H,32,34). The van der Waals surface area contributed by atoms with Crippen LogP contribution in [0.25, 0.3) is 5.57 Å². The highest BCUT2D eigenvalue weighted by atomic mass is 16.5. The molecule has 0 saturated carbocycles. The molecule has 2 amide bonds. The normalized spacial score (nSPS) is 16.8. The van der Waals surface area contributed by atoms with Crippen LogP contribution in [0.1, 0.15) is 32.3 Å². The fraction of sp³-hybridized carbons (Fsp3) is 0.393. The van der Waals surface area contributed by atoms with Crippen molar-refractivity contribution in [3.05, 3.63) is 65.9 Å². The molecular weight excluding hydrogens is 472 g/mol. The van der Waals surface area contributed by atoms with Crippen molar-refractivity contribution in [2.75, 3.05) is 26.2 Å². The second-order valence-electron chi connectivity index (χ2n) is 8.79. The SMILES string of the molecule is CCC(Oc1cccc(C2=C(C)NC(=O)C(C#N)C2)c1)C(=O)NCCNCC(O)COc1ccccc1. The number of carbonyl (C=O) groups excluding carboxylic acids is 2. The summed E-state index contributed by atoms with van der Waals surface area (Å²) in [6, 6.07) is 18.6. The minimum Gasteiger partial charge on any atom is -0.491 e. The van der Waals surface area contributed by atoms with E-state index in [2.05, 4.69) is 16.0 Å². The van der Waals surface area contributed by atoms with E-state index in [1.807, 2.05) is 61.5 Å². The molecule has 9 heteroatoms. The lowest BCUT2D eigenvalue weighted by molar-refractivity contribution is -0.128. The Morgan fingerprint density at radius 3 is 2.68 bits per heavy atom. The van der Waals surface area contributed by atoms with Crippen LogP contribution in [0.15, 0.2) is 60.3 Å². The van der Waals surface area contributed by atoms with Gasteiger partial charge in [-0.3, -0.25) is 9.59 Å². The Bertz CT molecular complexity index is 1130. The van der Waals surface area contributed by atoms with Crippen molar-refractivity contribution in [2.24, 2.45) is 5.92 Å². The molecule has 2 aromatic rings. The first-order valence-electron chi connectivity index (χ1n) is 12.4. The molecule has 0 aromatic heterocycles. The molecule has 3 atom stereocenters. The molecular formula is C28H34N4O5. The molecule has 0 radical (unpaired) electrons. The van der Waals surface area contributed by atoms with Gasteiger partial charge in [0.2, 0.25) is 5.91 Å². The van der Waals surface area contributed by atoms with Gasteiger partial charge in [0.25, 0.3) is 5.91 Å². The molecule has 3 rings (SSSR count). The van der Waals surface area contributed by atoms with Crippen LogP contribution in [-0.2, 0) is 9.59 Å². The molecule has 0 fully saturated rings. The van der Waals surface area contributed by atoms with Crippen LogP contribution in [0, 0.1) is 17.2 Å². The summed E-state index contributed by atoms with van der Waals surface area (Å²) in [5.74, 6) is -0.0157. The van der Waals surface area contributed by atoms with Crippen LogP contribution in [0.4, 0.5) is 0 Å². The van der Waals surface area contributed by atoms with Crippen LogP contribution in [0.2, 0.25) is 0 Å². The molecule has 1 heterocycles. The van der Waals surface area contributed by atoms with E-state index in [0.717, 1.165) is 11.1 Å². The van der Waals surface area contributed by atoms with Gasteiger partial charge in [0, 0.05) is 25.3 Å². The zero-order valence-corrected chi connectivity index (χ0v) is 21.2. The number of ether oxygens (including phenoxy) is 2. The number of hydrogen-bond acceptors (Lipinski definition) is 7. The highest BCUT2D eigenvalue weighted by molar-refractivity contribution is 5.90. The molecule has 196 valence electrons. The minimum atomic E-state index is -0.733. The maximum Gasteiger partial charge on any atom is 0.261 e. The number of nitrogens with zero attached hydrogens (tertiary/aromatic N) is 1. The topological polar surface area (TPSA) is 133 Å². The molecule has 1 aliphatic rings. The van der Waals surface area contributed by atoms with E-state index in [9.17, 15) is 20.0 Å². The number of amides is 2. The van der Waals surface area contributed by atoms with Crippen LogP contribution in [0.3, 0.4) is 0 Å². The second-order valence-corrected chi connectivity index (χ2v) is 8.79. The van der Waals surface area contributed by atoms with Crippen molar-refractivity contribution in [1.82, 2.24) is 16.0 Å². The quantitative estimate of drug-likeness (QED) is 0.307. The molecule has 3 unspecified atom stereocenters. The van der Waals surface area contributed by atoms with Crippen molar-refractivity contribution in [1.29, 1.82) is 5.26 Å². The van der Waals surface area contributed by atoms with Gasteiger partial charge in [-0.25, -0.2) is 0 Å². The number of aliphatic hydroxyl groups excluding tert-OH is 1. The number of nitriles is 1. The Hall–Kier alpha value is -3.87. The van der Waals surface area contributed by atoms with Crippen LogP contribution in [0.5, 0.6) is 11.5 Å². The molecule has 37 heavy (non-hydrogen) atoms. The number of allylic oxidation sites excluding steroid dienone is 2. The minimum absolute atomic E-state index is 0.175. The van der Waals surface area contributed by atoms with E-state index in [-0.39, 0.29) is 18.4 Å². The number of benzene rings is 2. The average molecular weight is 507 g/mol. The number of hydrogen-bond donors (Lipinski definition) is 4. The van der Waals surface area contributed by atoms with Crippen molar-refractivity contribution >= 4 is 17.4 Å². The summed E-state index contributed by atoms with van der Waals surface area (Å²) in [5, 5.41) is 28.0. The summed E-state index contributed by atoms with van der Waals surface area (Å²) in [5.41, 5.74) is 2.42. The fourth-order valence-electron chi connectivity index (χ4n) is 3.90. The Kier molecular flexibility index (Phi) is 10.5. The maximum absolute atomic E-state index is 12.7. The zero-order valence-electron chi connectivity index (χ0n) is 21.2. The van der Waals surface area contributed by atoms with Gasteiger partial charge in [-0.2, -0.15) is 5.26 Å². The molecule has 4 N–H and O–H groups in total. The van der Waals surface area contributed by atoms with Crippen LogP contribution in [-0.4, -0.2) is 55.4 Å². The smallest absolute Gasteiger partial charge is 0.261 e. The van der Waals surface area contributed by atoms with Gasteiger partial charge >= 0.3 is 0 Å². The Morgan fingerprint density at radius 1 is 1.19 bits per heavy atom. The molecule has 0 saturated heterocycles. The molecule has 0 bridgehead atoms. The lowest BCUT2D eigenvalue weighted by Crippen LogP contribution is -2.42. The third-order valence-corrected chi connectivity index (χ3v) is 5.93. The van der Waals surface area contributed by atoms with Gasteiger partial charge in [-0.05, 0) is 55.2 Å². The second kappa shape index (κ2) is 14.0. The fourth-order valence-corrected chi connectivity index (χ4v) is 3.90. The monoisotopic (exact) mass is 506 g/mol. The number of para-hydroxylation sites is 1. The van der Waals surface area contributed by atoms with E-state index >= 15 is 0 Å². The van der Waals surface area contributed by atoms with Gasteiger partial charge in [0.1, 0.15) is 30.1 Å². The number of nitrogens with one attached hydrogen (secondary N) is 3. The molecule has 9 nitrogen and oxygen atoms in total. The van der Waals surface area contributed by atoms with Crippen molar-refractivity contribution in [2.45, 2.75) is 38.9 Å². The summed E-state index contributed by atoms with van der Waals surface area (Å²) in [4.78, 5) is 24.6. The van der Waals surface area contributed by atoms with Crippen molar-refractivity contribution < 1.29 is 24.2 Å². The summed E-state index contributed by atoms with van der Waals surface area (Å²) in [7, 11) is 0. The van der Waals surface area contributed by atoms with E-state index in [4.69, 9.17) is 9.47 Å². The van der Waals surface area contributed by atoms with Gasteiger partial charge in [0.15, 0.2) is 6.10 Å². The van der Waals surface area contributed by atoms with Crippen molar-refractivity contribution in [3.63, 3.8) is 0 Å². The Labute approximate surface area is 217 Å². The first-order chi connectivity index (χ1) is 17.9. The predicted molar refractivity (Wildman–Crippen MR) is 139 cm³/mol. The predicted octanol–water partition coefficient (Wildman–Crippen LogP) is 2.38. The van der Waals surface area contributed by atoms with Gasteiger partial charge in [-0.1, -0.05) is 37.3 Å². The largest absolute Gasteiger partial charge is 0.491 e. The first-order valence-corrected chi connectivity index (χ1v) is 12.4. The Morgan fingerprint density at radius 2 is 1.95 bits per heavy atom. The summed E-state index contributed by atoms with van der Waals surface area (Å²) < 4.78 is 11.5. The Balaban J connectivity index is 1.44. The average Bonchev–Trinajstić information content (AvgIpc) is 2.91. The lowest BCUT2D eigenvalue weighted by atomic mass is 9.90. The molecule has 1 aliphatic heterocycles. The van der Waals surface area contributed by atoms with Gasteiger partial charge in [0.05, 0.1) is 6.07 Å². The van der Waals surface area contributed by atoms with E-state index in [1.165, 1.54) is 0 Å². The van der Waals surface area contributed by atoms with Crippen LogP contribution < -0.4 is 25.4 Å². The molecule has 0 aliphatic carbocycles. The van der Waals surface area contributed by atoms with Crippen LogP contribution >= 0.6 is 0 Å². The van der Waals surface area contributed by atoms with Gasteiger partial charge in [-0.15, -0.1) is 0 Å². The van der Waals surface area contributed by atoms with E-state index in [0.29, 0.717) is 49.7 Å². The van der Waals surface area contributed by atoms with Crippen molar-refractivity contribution in [3.8, 4) is 17.6 Å². The van der Waals surface area contributed by atoms with E-state index < -0.39 is 18.1 Å². The molecule has 0 spiro atoms. The summed E-state index contributed by atoms with van der Waals surface area (Å²) >= 11 is 0. The summed E-state index contributed by atoms with van der Waals surface area (Å²) in [6.07, 6.45) is -0.536. The van der Waals surface area contributed by atoms with Gasteiger partial charge < -0.3 is 30.5 Å². The third kappa shape index (κ3) is 8.34. The highest BCUT2D eigenvalue weighted by Gasteiger charge is 2.27. The third-order valence-electron chi connectivity index (χ3n) is 5.93. The highest BCUT2D eigenvalue weighted by Crippen LogP contribution is 2.31. The lowest BCUT2D eigenvalue weighted by Gasteiger charge is -2.23. The summed E-state index contributed by atoms with van der Waals surface area (Å²) in [6.45, 7) is 5.06. The number of aliphatic hydroxyl groups is 1. The van der Waals surface area contributed by atoms with E-state index in [1.54, 1.807) is 13.0 Å². The zero-order chi connectivity index (χ0) is 26.6. The maximum atomic E-state index is 12.7. The number of rotatable bonds is 13. The first kappa shape index (κ1) is 27.7.